The predicted octanol–water partition coefficient (Wildman–Crippen LogP) is 1.74. The van der Waals surface area contributed by atoms with Crippen LogP contribution in [0.2, 0.25) is 0 Å². The van der Waals surface area contributed by atoms with Crippen LogP contribution in [0.5, 0.6) is 11.5 Å². The van der Waals surface area contributed by atoms with Crippen molar-refractivity contribution >= 4 is 11.9 Å². The van der Waals surface area contributed by atoms with Crippen LogP contribution in [0.1, 0.15) is 5.56 Å². The summed E-state index contributed by atoms with van der Waals surface area (Å²) in [6.07, 6.45) is 0.121. The molecule has 32 heavy (non-hydrogen) atoms. The summed E-state index contributed by atoms with van der Waals surface area (Å²) in [6.45, 7) is -0.418. The maximum absolute atomic E-state index is 12.5. The molecule has 0 saturated heterocycles. The number of carboxylic acid groups (broad SMARTS) is 1. The third kappa shape index (κ3) is 5.51. The largest absolute Gasteiger partial charge is 0.493 e. The number of carbonyl (C=O) groups excluding carboxylic acids is 1. The molecule has 0 bridgehead atoms. The number of methoxy groups -OCH3 is 2. The van der Waals surface area contributed by atoms with E-state index in [-0.39, 0.29) is 6.42 Å². The number of nitrogens with zero attached hydrogens (tertiary/aromatic N) is 2. The van der Waals surface area contributed by atoms with Gasteiger partial charge in [0.1, 0.15) is 12.6 Å². The van der Waals surface area contributed by atoms with E-state index in [2.05, 4.69) is 10.4 Å². The van der Waals surface area contributed by atoms with Crippen LogP contribution in [0, 0.1) is 0 Å². The second-order valence-corrected chi connectivity index (χ2v) is 6.93. The zero-order chi connectivity index (χ0) is 23.1. The molecular weight excluding hydrogens is 414 g/mol. The van der Waals surface area contributed by atoms with Crippen molar-refractivity contribution in [3.63, 3.8) is 0 Å². The lowest BCUT2D eigenvalue weighted by Gasteiger charge is -2.15. The van der Waals surface area contributed by atoms with Crippen molar-refractivity contribution < 1.29 is 24.2 Å². The maximum Gasteiger partial charge on any atom is 0.326 e. The number of aliphatic carboxylic acids is 1. The number of hydrogen-bond donors (Lipinski definition) is 2. The summed E-state index contributed by atoms with van der Waals surface area (Å²) in [5.74, 6) is -0.761. The number of benzene rings is 2. The van der Waals surface area contributed by atoms with Crippen LogP contribution in [0.25, 0.3) is 11.3 Å². The van der Waals surface area contributed by atoms with E-state index in [1.54, 1.807) is 42.5 Å². The highest BCUT2D eigenvalue weighted by molar-refractivity contribution is 5.83. The van der Waals surface area contributed by atoms with Gasteiger partial charge < -0.3 is 19.9 Å². The Labute approximate surface area is 184 Å². The Morgan fingerprint density at radius 3 is 2.41 bits per heavy atom. The summed E-state index contributed by atoms with van der Waals surface area (Å²) >= 11 is 0. The molecule has 0 fully saturated rings. The minimum atomic E-state index is -1.17. The summed E-state index contributed by atoms with van der Waals surface area (Å²) in [7, 11) is 3.03. The molecule has 3 rings (SSSR count). The van der Waals surface area contributed by atoms with Crippen LogP contribution in [-0.2, 0) is 22.6 Å². The number of carboxylic acids is 1. The molecule has 0 saturated carbocycles. The van der Waals surface area contributed by atoms with Crippen molar-refractivity contribution in [1.29, 1.82) is 0 Å². The lowest BCUT2D eigenvalue weighted by atomic mass is 10.1. The van der Waals surface area contributed by atoms with Gasteiger partial charge in [-0.05, 0) is 29.8 Å². The minimum Gasteiger partial charge on any atom is -0.493 e. The van der Waals surface area contributed by atoms with Gasteiger partial charge in [0, 0.05) is 18.1 Å². The lowest BCUT2D eigenvalue weighted by Crippen LogP contribution is -2.44. The topological polar surface area (TPSA) is 120 Å². The fourth-order valence-corrected chi connectivity index (χ4v) is 3.14. The molecule has 1 atom stereocenters. The van der Waals surface area contributed by atoms with Gasteiger partial charge in [0.05, 0.1) is 19.9 Å². The highest BCUT2D eigenvalue weighted by atomic mass is 16.5. The summed E-state index contributed by atoms with van der Waals surface area (Å²) in [5.41, 5.74) is 1.38. The molecule has 166 valence electrons. The van der Waals surface area contributed by atoms with E-state index >= 15 is 0 Å². The van der Waals surface area contributed by atoms with Crippen LogP contribution >= 0.6 is 0 Å². The van der Waals surface area contributed by atoms with Crippen molar-refractivity contribution in [2.45, 2.75) is 19.0 Å². The van der Waals surface area contributed by atoms with E-state index in [0.29, 0.717) is 22.8 Å². The Hall–Kier alpha value is -4.14. The molecular formula is C23H23N3O6. The Kier molecular flexibility index (Phi) is 7.22. The highest BCUT2D eigenvalue weighted by Crippen LogP contribution is 2.31. The second kappa shape index (κ2) is 10.3. The molecule has 1 amide bonds. The van der Waals surface area contributed by atoms with Crippen molar-refractivity contribution in [1.82, 2.24) is 15.1 Å². The van der Waals surface area contributed by atoms with Gasteiger partial charge in [-0.1, -0.05) is 30.3 Å². The molecule has 1 unspecified atom stereocenters. The average molecular weight is 437 g/mol. The number of nitrogens with one attached hydrogen (secondary N) is 1. The first-order valence-electron chi connectivity index (χ1n) is 9.78. The standard InChI is InChI=1S/C23H23N3O6/c1-31-19-10-8-16(13-20(19)32-2)17-9-11-22(28)26(25-17)14-21(27)24-18(23(29)30)12-15-6-4-3-5-7-15/h3-11,13,18H,12,14H2,1-2H3,(H,24,27)(H,29,30). The third-order valence-corrected chi connectivity index (χ3v) is 4.76. The number of carbonyl (C=O) groups is 2. The first-order valence-corrected chi connectivity index (χ1v) is 9.78. The van der Waals surface area contributed by atoms with E-state index in [1.807, 2.05) is 6.07 Å². The van der Waals surface area contributed by atoms with E-state index in [4.69, 9.17) is 9.47 Å². The summed E-state index contributed by atoms with van der Waals surface area (Å²) in [5, 5.41) is 16.2. The van der Waals surface area contributed by atoms with Crippen molar-refractivity contribution in [2.75, 3.05) is 14.2 Å². The molecule has 3 aromatic rings. The van der Waals surface area contributed by atoms with E-state index in [1.165, 1.54) is 26.4 Å². The van der Waals surface area contributed by atoms with Crippen molar-refractivity contribution in [3.05, 3.63) is 76.6 Å². The predicted molar refractivity (Wildman–Crippen MR) is 117 cm³/mol. The fraction of sp³-hybridized carbons (Fsp3) is 0.217. The van der Waals surface area contributed by atoms with Gasteiger partial charge in [0.25, 0.3) is 5.56 Å². The Morgan fingerprint density at radius 1 is 1.03 bits per heavy atom. The van der Waals surface area contributed by atoms with Gasteiger partial charge >= 0.3 is 5.97 Å². The number of hydrogen-bond acceptors (Lipinski definition) is 6. The van der Waals surface area contributed by atoms with Gasteiger partial charge in [0.15, 0.2) is 11.5 Å². The molecule has 0 radical (unpaired) electrons. The number of ether oxygens (including phenoxy) is 2. The zero-order valence-corrected chi connectivity index (χ0v) is 17.6. The van der Waals surface area contributed by atoms with Gasteiger partial charge in [-0.2, -0.15) is 5.10 Å². The number of amides is 1. The van der Waals surface area contributed by atoms with Gasteiger partial charge in [0.2, 0.25) is 5.91 Å². The van der Waals surface area contributed by atoms with E-state index in [0.717, 1.165) is 10.2 Å². The van der Waals surface area contributed by atoms with Crippen molar-refractivity contribution in [3.8, 4) is 22.8 Å². The van der Waals surface area contributed by atoms with Crippen LogP contribution in [0.15, 0.2) is 65.5 Å². The Bertz CT molecular complexity index is 1160. The molecule has 0 spiro atoms. The lowest BCUT2D eigenvalue weighted by molar-refractivity contribution is -0.141. The van der Waals surface area contributed by atoms with E-state index < -0.39 is 30.0 Å². The molecule has 2 N–H and O–H groups in total. The third-order valence-electron chi connectivity index (χ3n) is 4.76. The minimum absolute atomic E-state index is 0.121. The van der Waals surface area contributed by atoms with Crippen LogP contribution in [0.3, 0.4) is 0 Å². The van der Waals surface area contributed by atoms with Crippen molar-refractivity contribution in [2.24, 2.45) is 0 Å². The maximum atomic E-state index is 12.5. The van der Waals surface area contributed by atoms with Crippen LogP contribution in [0.4, 0.5) is 0 Å². The SMILES string of the molecule is COc1ccc(-c2ccc(=O)n(CC(=O)NC(Cc3ccccc3)C(=O)O)n2)cc1OC. The Morgan fingerprint density at radius 2 is 1.75 bits per heavy atom. The van der Waals surface area contributed by atoms with Gasteiger partial charge in [-0.25, -0.2) is 9.48 Å². The molecule has 0 aliphatic carbocycles. The highest BCUT2D eigenvalue weighted by Gasteiger charge is 2.21. The quantitative estimate of drug-likeness (QED) is 0.523. The molecule has 0 aliphatic rings. The molecule has 9 heteroatoms. The molecule has 1 aromatic heterocycles. The summed E-state index contributed by atoms with van der Waals surface area (Å²) in [6, 6.07) is 15.8. The fourth-order valence-electron chi connectivity index (χ4n) is 3.14. The Balaban J connectivity index is 1.77. The monoisotopic (exact) mass is 437 g/mol. The molecule has 2 aromatic carbocycles. The van der Waals surface area contributed by atoms with Gasteiger partial charge in [-0.15, -0.1) is 0 Å². The van der Waals surface area contributed by atoms with Crippen LogP contribution < -0.4 is 20.3 Å². The zero-order valence-electron chi connectivity index (χ0n) is 17.6. The summed E-state index contributed by atoms with van der Waals surface area (Å²) < 4.78 is 11.5. The van der Waals surface area contributed by atoms with E-state index in [9.17, 15) is 19.5 Å². The van der Waals surface area contributed by atoms with Crippen LogP contribution in [-0.4, -0.2) is 47.0 Å². The second-order valence-electron chi connectivity index (χ2n) is 6.93. The smallest absolute Gasteiger partial charge is 0.326 e. The number of rotatable bonds is 9. The number of aromatic nitrogens is 2. The first kappa shape index (κ1) is 22.5. The molecule has 9 nitrogen and oxygen atoms in total. The van der Waals surface area contributed by atoms with Gasteiger partial charge in [-0.3, -0.25) is 9.59 Å². The summed E-state index contributed by atoms with van der Waals surface area (Å²) in [4.78, 5) is 36.3. The normalized spacial score (nSPS) is 11.4. The first-order chi connectivity index (χ1) is 15.4. The molecule has 0 aliphatic heterocycles. The molecule has 1 heterocycles. The average Bonchev–Trinajstić information content (AvgIpc) is 2.80.